The molecule has 0 bridgehead atoms. The van der Waals surface area contributed by atoms with Gasteiger partial charge in [0.1, 0.15) is 5.56 Å². The number of rotatable bonds is 4. The van der Waals surface area contributed by atoms with E-state index in [1.807, 2.05) is 0 Å². The van der Waals surface area contributed by atoms with Crippen molar-refractivity contribution in [1.82, 2.24) is 10.2 Å². The number of carboxylic acid groups (broad SMARTS) is 1. The number of halogens is 1. The fourth-order valence-corrected chi connectivity index (χ4v) is 1.67. The van der Waals surface area contributed by atoms with Crippen molar-refractivity contribution in [2.45, 2.75) is 20.0 Å². The van der Waals surface area contributed by atoms with E-state index < -0.39 is 11.8 Å². The summed E-state index contributed by atoms with van der Waals surface area (Å²) in [5.74, 6) is -1.53. The van der Waals surface area contributed by atoms with Gasteiger partial charge in [0, 0.05) is 5.56 Å². The average Bonchev–Trinajstić information content (AvgIpc) is 2.80. The van der Waals surface area contributed by atoms with Crippen LogP contribution in [-0.4, -0.2) is 27.4 Å². The van der Waals surface area contributed by atoms with E-state index in [0.29, 0.717) is 5.56 Å². The van der Waals surface area contributed by atoms with Crippen molar-refractivity contribution in [2.75, 3.05) is 0 Å². The van der Waals surface area contributed by atoms with Gasteiger partial charge in [0.05, 0.1) is 18.0 Å². The highest BCUT2D eigenvalue weighted by Crippen LogP contribution is 2.27. The number of nitrogens with one attached hydrogen (secondary N) is 1. The number of hydrogen-bond donors (Lipinski definition) is 2. The van der Waals surface area contributed by atoms with E-state index in [2.05, 4.69) is 10.2 Å². The lowest BCUT2D eigenvalue weighted by Crippen LogP contribution is -2.07. The fraction of sp³-hybridized carbons (Fsp3) is 0.231. The van der Waals surface area contributed by atoms with Crippen LogP contribution in [0.25, 0.3) is 11.3 Å². The van der Waals surface area contributed by atoms with Crippen molar-refractivity contribution in [1.29, 1.82) is 0 Å². The lowest BCUT2D eigenvalue weighted by molar-refractivity contribution is 0.0698. The zero-order chi connectivity index (χ0) is 14.0. The van der Waals surface area contributed by atoms with Crippen LogP contribution >= 0.6 is 0 Å². The van der Waals surface area contributed by atoms with E-state index in [1.165, 1.54) is 18.3 Å². The molecular formula is C13H13FN2O3. The van der Waals surface area contributed by atoms with Gasteiger partial charge in [-0.25, -0.2) is 9.18 Å². The predicted octanol–water partition coefficient (Wildman–Crippen LogP) is 2.70. The number of hydrogen-bond acceptors (Lipinski definition) is 3. The van der Waals surface area contributed by atoms with E-state index in [0.717, 1.165) is 0 Å². The average molecular weight is 264 g/mol. The molecule has 1 aromatic heterocycles. The first kappa shape index (κ1) is 13.1. The Labute approximate surface area is 109 Å². The van der Waals surface area contributed by atoms with Crippen molar-refractivity contribution in [3.63, 3.8) is 0 Å². The lowest BCUT2D eigenvalue weighted by atomic mass is 10.1. The van der Waals surface area contributed by atoms with Crippen LogP contribution in [0.5, 0.6) is 5.75 Å². The fourth-order valence-electron chi connectivity index (χ4n) is 1.67. The van der Waals surface area contributed by atoms with Gasteiger partial charge in [0.2, 0.25) is 0 Å². The first-order valence-electron chi connectivity index (χ1n) is 5.72. The Balaban J connectivity index is 2.39. The predicted molar refractivity (Wildman–Crippen MR) is 66.7 cm³/mol. The van der Waals surface area contributed by atoms with Crippen LogP contribution in [0.3, 0.4) is 0 Å². The summed E-state index contributed by atoms with van der Waals surface area (Å²) in [7, 11) is 0. The van der Waals surface area contributed by atoms with Crippen LogP contribution in [0, 0.1) is 5.82 Å². The summed E-state index contributed by atoms with van der Waals surface area (Å²) in [6.45, 7) is 3.59. The molecule has 19 heavy (non-hydrogen) atoms. The highest BCUT2D eigenvalue weighted by molar-refractivity contribution is 5.94. The van der Waals surface area contributed by atoms with E-state index in [4.69, 9.17) is 9.84 Å². The van der Waals surface area contributed by atoms with E-state index in [9.17, 15) is 9.18 Å². The van der Waals surface area contributed by atoms with Gasteiger partial charge in [-0.15, -0.1) is 0 Å². The summed E-state index contributed by atoms with van der Waals surface area (Å²) in [6, 6.07) is 4.27. The minimum absolute atomic E-state index is 0.00284. The SMILES string of the molecule is CC(C)Oc1ccc(-c2[nH]ncc2C(=O)O)cc1F. The molecule has 0 unspecified atom stereocenters. The molecule has 100 valence electrons. The molecule has 2 N–H and O–H groups in total. The maximum atomic E-state index is 13.8. The molecule has 0 amide bonds. The monoisotopic (exact) mass is 264 g/mol. The Morgan fingerprint density at radius 3 is 2.79 bits per heavy atom. The van der Waals surface area contributed by atoms with Crippen LogP contribution in [-0.2, 0) is 0 Å². The number of nitrogens with zero attached hydrogens (tertiary/aromatic N) is 1. The second-order valence-electron chi connectivity index (χ2n) is 4.28. The Bertz CT molecular complexity index is 608. The van der Waals surface area contributed by atoms with E-state index >= 15 is 0 Å². The first-order chi connectivity index (χ1) is 8.99. The van der Waals surface area contributed by atoms with Gasteiger partial charge >= 0.3 is 5.97 Å². The van der Waals surface area contributed by atoms with Crippen LogP contribution in [0.1, 0.15) is 24.2 Å². The summed E-state index contributed by atoms with van der Waals surface area (Å²) in [4.78, 5) is 11.0. The number of aromatic nitrogens is 2. The van der Waals surface area contributed by atoms with Gasteiger partial charge in [0.15, 0.2) is 11.6 Å². The van der Waals surface area contributed by atoms with Crippen molar-refractivity contribution >= 4 is 5.97 Å². The molecular weight excluding hydrogens is 251 g/mol. The second-order valence-corrected chi connectivity index (χ2v) is 4.28. The van der Waals surface area contributed by atoms with Crippen molar-refractivity contribution < 1.29 is 19.0 Å². The molecule has 0 aliphatic rings. The molecule has 1 aromatic carbocycles. The van der Waals surface area contributed by atoms with Gasteiger partial charge in [-0.3, -0.25) is 5.10 Å². The number of H-pyrrole nitrogens is 1. The number of carboxylic acids is 1. The summed E-state index contributed by atoms with van der Waals surface area (Å²) >= 11 is 0. The third-order valence-corrected chi connectivity index (χ3v) is 2.45. The molecule has 0 aliphatic carbocycles. The van der Waals surface area contributed by atoms with Crippen LogP contribution in [0.4, 0.5) is 4.39 Å². The molecule has 6 heteroatoms. The number of aromatic amines is 1. The summed E-state index contributed by atoms with van der Waals surface area (Å²) in [5.41, 5.74) is 0.669. The van der Waals surface area contributed by atoms with Gasteiger partial charge < -0.3 is 9.84 Å². The number of aromatic carboxylic acids is 1. The zero-order valence-corrected chi connectivity index (χ0v) is 10.5. The largest absolute Gasteiger partial charge is 0.488 e. The van der Waals surface area contributed by atoms with Crippen molar-refractivity contribution in [2.24, 2.45) is 0 Å². The Morgan fingerprint density at radius 2 is 2.21 bits per heavy atom. The lowest BCUT2D eigenvalue weighted by Gasteiger charge is -2.11. The molecule has 0 atom stereocenters. The second kappa shape index (κ2) is 5.09. The number of benzene rings is 1. The third kappa shape index (κ3) is 2.73. The topological polar surface area (TPSA) is 75.2 Å². The Hall–Kier alpha value is -2.37. The van der Waals surface area contributed by atoms with Crippen LogP contribution < -0.4 is 4.74 Å². The normalized spacial score (nSPS) is 10.7. The molecule has 1 heterocycles. The molecule has 2 aromatic rings. The summed E-state index contributed by atoms with van der Waals surface area (Å²) in [6.07, 6.45) is 1.05. The van der Waals surface area contributed by atoms with Gasteiger partial charge in [-0.1, -0.05) is 0 Å². The number of ether oxygens (including phenoxy) is 1. The highest BCUT2D eigenvalue weighted by atomic mass is 19.1. The van der Waals surface area contributed by atoms with E-state index in [-0.39, 0.29) is 23.1 Å². The smallest absolute Gasteiger partial charge is 0.339 e. The maximum absolute atomic E-state index is 13.8. The highest BCUT2D eigenvalue weighted by Gasteiger charge is 2.16. The Morgan fingerprint density at radius 1 is 1.47 bits per heavy atom. The van der Waals surface area contributed by atoms with Crippen LogP contribution in [0.15, 0.2) is 24.4 Å². The molecule has 0 radical (unpaired) electrons. The molecule has 0 saturated carbocycles. The van der Waals surface area contributed by atoms with Gasteiger partial charge in [-0.05, 0) is 32.0 Å². The molecule has 2 rings (SSSR count). The van der Waals surface area contributed by atoms with E-state index in [1.54, 1.807) is 19.9 Å². The van der Waals surface area contributed by atoms with Gasteiger partial charge in [0.25, 0.3) is 0 Å². The first-order valence-corrected chi connectivity index (χ1v) is 5.72. The quantitative estimate of drug-likeness (QED) is 0.890. The summed E-state index contributed by atoms with van der Waals surface area (Å²) in [5, 5.41) is 15.2. The third-order valence-electron chi connectivity index (χ3n) is 2.45. The molecule has 0 aliphatic heterocycles. The minimum Gasteiger partial charge on any atom is -0.488 e. The molecule has 0 spiro atoms. The molecule has 0 fully saturated rings. The van der Waals surface area contributed by atoms with Crippen LogP contribution in [0.2, 0.25) is 0 Å². The summed E-state index contributed by atoms with van der Waals surface area (Å²) < 4.78 is 19.1. The zero-order valence-electron chi connectivity index (χ0n) is 10.5. The maximum Gasteiger partial charge on any atom is 0.339 e. The standard InChI is InChI=1S/C13H13FN2O3/c1-7(2)19-11-4-3-8(5-10(11)14)12-9(13(17)18)6-15-16-12/h3-7H,1-2H3,(H,15,16)(H,17,18). The number of carbonyl (C=O) groups is 1. The van der Waals surface area contributed by atoms with Crippen molar-refractivity contribution in [3.05, 3.63) is 35.8 Å². The minimum atomic E-state index is -1.12. The van der Waals surface area contributed by atoms with Crippen molar-refractivity contribution in [3.8, 4) is 17.0 Å². The Kier molecular flexibility index (Phi) is 3.50. The molecule has 0 saturated heterocycles. The van der Waals surface area contributed by atoms with Gasteiger partial charge in [-0.2, -0.15) is 5.10 Å². The molecule has 5 nitrogen and oxygen atoms in total.